The molecule has 2 aromatic carbocycles. The molecule has 2 N–H and O–H groups in total. The first-order valence-corrected chi connectivity index (χ1v) is 8.01. The number of aliphatic hydroxyl groups is 1. The van der Waals surface area contributed by atoms with Crippen molar-refractivity contribution in [2.75, 3.05) is 30.4 Å². The van der Waals surface area contributed by atoms with Gasteiger partial charge in [-0.25, -0.2) is 4.68 Å². The average molecular weight is 336 g/mol. The fourth-order valence-electron chi connectivity index (χ4n) is 2.49. The zero-order valence-corrected chi connectivity index (χ0v) is 14.0. The van der Waals surface area contributed by atoms with Gasteiger partial charge < -0.3 is 15.3 Å². The second-order valence-electron chi connectivity index (χ2n) is 5.65. The van der Waals surface area contributed by atoms with E-state index in [1.165, 1.54) is 0 Å². The van der Waals surface area contributed by atoms with Crippen LogP contribution in [0.3, 0.4) is 0 Å². The van der Waals surface area contributed by atoms with Gasteiger partial charge in [0.1, 0.15) is 0 Å². The Balaban J connectivity index is 1.71. The van der Waals surface area contributed by atoms with Gasteiger partial charge in [0, 0.05) is 42.9 Å². The molecule has 1 amide bonds. The first-order chi connectivity index (χ1) is 12.2. The van der Waals surface area contributed by atoms with Gasteiger partial charge in [0.25, 0.3) is 5.91 Å². The number of carbonyl (C=O) groups is 1. The van der Waals surface area contributed by atoms with Crippen molar-refractivity contribution in [1.82, 2.24) is 9.78 Å². The molecule has 0 atom stereocenters. The Labute approximate surface area is 146 Å². The number of rotatable bonds is 6. The van der Waals surface area contributed by atoms with Crippen LogP contribution in [-0.4, -0.2) is 41.0 Å². The fraction of sp³-hybridized carbons (Fsp3) is 0.158. The lowest BCUT2D eigenvalue weighted by Gasteiger charge is -2.18. The maximum Gasteiger partial charge on any atom is 0.255 e. The molecule has 0 fully saturated rings. The number of carbonyl (C=O) groups excluding carboxylic acids is 1. The molecule has 0 unspecified atom stereocenters. The number of hydrogen-bond acceptors (Lipinski definition) is 4. The van der Waals surface area contributed by atoms with Gasteiger partial charge >= 0.3 is 0 Å². The van der Waals surface area contributed by atoms with Gasteiger partial charge in [0.2, 0.25) is 0 Å². The predicted molar refractivity (Wildman–Crippen MR) is 98.3 cm³/mol. The zero-order valence-electron chi connectivity index (χ0n) is 14.0. The minimum absolute atomic E-state index is 0.0988. The summed E-state index contributed by atoms with van der Waals surface area (Å²) in [6.45, 7) is 0.660. The minimum Gasteiger partial charge on any atom is -0.395 e. The third-order valence-electron chi connectivity index (χ3n) is 3.88. The predicted octanol–water partition coefficient (Wildman–Crippen LogP) is 2.55. The normalized spacial score (nSPS) is 10.5. The van der Waals surface area contributed by atoms with Crippen LogP contribution in [0.4, 0.5) is 11.4 Å². The molecule has 0 aliphatic carbocycles. The quantitative estimate of drug-likeness (QED) is 0.726. The van der Waals surface area contributed by atoms with E-state index in [0.29, 0.717) is 12.1 Å². The topological polar surface area (TPSA) is 70.4 Å². The number of nitrogens with one attached hydrogen (secondary N) is 1. The summed E-state index contributed by atoms with van der Waals surface area (Å²) < 4.78 is 1.71. The molecule has 3 aromatic rings. The number of hydrogen-bond donors (Lipinski definition) is 2. The number of benzene rings is 2. The lowest BCUT2D eigenvalue weighted by atomic mass is 10.2. The number of likely N-dealkylation sites (N-methyl/N-ethyl adjacent to an activating group) is 1. The van der Waals surface area contributed by atoms with Crippen molar-refractivity contribution in [3.8, 4) is 5.69 Å². The number of amides is 1. The van der Waals surface area contributed by atoms with Gasteiger partial charge in [0.15, 0.2) is 0 Å². The summed E-state index contributed by atoms with van der Waals surface area (Å²) in [6, 6.07) is 16.6. The van der Waals surface area contributed by atoms with Crippen LogP contribution in [0.5, 0.6) is 0 Å². The van der Waals surface area contributed by atoms with E-state index >= 15 is 0 Å². The molecule has 0 aliphatic heterocycles. The molecule has 6 nitrogen and oxygen atoms in total. The van der Waals surface area contributed by atoms with E-state index in [9.17, 15) is 4.79 Å². The maximum absolute atomic E-state index is 12.5. The van der Waals surface area contributed by atoms with Gasteiger partial charge in [-0.1, -0.05) is 6.07 Å². The number of anilines is 2. The van der Waals surface area contributed by atoms with E-state index in [2.05, 4.69) is 10.4 Å². The molecule has 6 heteroatoms. The largest absolute Gasteiger partial charge is 0.395 e. The Hall–Kier alpha value is -3.12. The van der Waals surface area contributed by atoms with E-state index in [1.54, 1.807) is 23.0 Å². The number of aromatic nitrogens is 2. The Morgan fingerprint density at radius 1 is 1.20 bits per heavy atom. The lowest BCUT2D eigenvalue weighted by molar-refractivity contribution is 0.102. The van der Waals surface area contributed by atoms with Crippen LogP contribution in [0.15, 0.2) is 67.0 Å². The summed E-state index contributed by atoms with van der Waals surface area (Å²) >= 11 is 0. The molecule has 0 radical (unpaired) electrons. The third kappa shape index (κ3) is 4.05. The van der Waals surface area contributed by atoms with Gasteiger partial charge in [-0.15, -0.1) is 0 Å². The molecule has 1 aromatic heterocycles. The van der Waals surface area contributed by atoms with Crippen LogP contribution in [0.2, 0.25) is 0 Å². The van der Waals surface area contributed by atoms with Gasteiger partial charge in [-0.3, -0.25) is 4.79 Å². The van der Waals surface area contributed by atoms with Crippen molar-refractivity contribution >= 4 is 17.3 Å². The average Bonchev–Trinajstić information content (AvgIpc) is 3.17. The van der Waals surface area contributed by atoms with E-state index in [4.69, 9.17) is 5.11 Å². The highest BCUT2D eigenvalue weighted by atomic mass is 16.3. The van der Waals surface area contributed by atoms with Gasteiger partial charge in [-0.05, 0) is 48.5 Å². The van der Waals surface area contributed by atoms with E-state index < -0.39 is 0 Å². The van der Waals surface area contributed by atoms with Crippen molar-refractivity contribution in [3.63, 3.8) is 0 Å². The minimum atomic E-state index is -0.175. The molecule has 1 heterocycles. The SMILES string of the molecule is CN(CCO)c1ccc(NC(=O)c2cccc(-n3cccn3)c2)cc1. The highest BCUT2D eigenvalue weighted by molar-refractivity contribution is 6.04. The van der Waals surface area contributed by atoms with Crippen LogP contribution in [0.1, 0.15) is 10.4 Å². The summed E-state index contributed by atoms with van der Waals surface area (Å²) in [4.78, 5) is 14.4. The second-order valence-corrected chi connectivity index (χ2v) is 5.65. The molecule has 0 spiro atoms. The number of aliphatic hydroxyl groups excluding tert-OH is 1. The van der Waals surface area contributed by atoms with Crippen molar-refractivity contribution in [2.24, 2.45) is 0 Å². The van der Waals surface area contributed by atoms with Crippen LogP contribution in [-0.2, 0) is 0 Å². The third-order valence-corrected chi connectivity index (χ3v) is 3.88. The first-order valence-electron chi connectivity index (χ1n) is 8.01. The lowest BCUT2D eigenvalue weighted by Crippen LogP contribution is -2.21. The molecule has 0 saturated heterocycles. The van der Waals surface area contributed by atoms with Gasteiger partial charge in [-0.2, -0.15) is 5.10 Å². The Morgan fingerprint density at radius 2 is 2.00 bits per heavy atom. The Bertz CT molecular complexity index is 829. The smallest absolute Gasteiger partial charge is 0.255 e. The highest BCUT2D eigenvalue weighted by Gasteiger charge is 2.08. The van der Waals surface area contributed by atoms with Crippen LogP contribution < -0.4 is 10.2 Å². The zero-order chi connectivity index (χ0) is 17.6. The van der Waals surface area contributed by atoms with Crippen LogP contribution in [0, 0.1) is 0 Å². The summed E-state index contributed by atoms with van der Waals surface area (Å²) in [5.74, 6) is -0.175. The maximum atomic E-state index is 12.5. The van der Waals surface area contributed by atoms with Crippen molar-refractivity contribution < 1.29 is 9.90 Å². The molecule has 128 valence electrons. The summed E-state index contributed by atoms with van der Waals surface area (Å²) in [7, 11) is 1.91. The molecule has 0 saturated carbocycles. The van der Waals surface area contributed by atoms with Crippen LogP contribution >= 0.6 is 0 Å². The Kier molecular flexibility index (Phi) is 5.11. The summed E-state index contributed by atoms with van der Waals surface area (Å²) in [5, 5.41) is 16.1. The van der Waals surface area contributed by atoms with Crippen molar-refractivity contribution in [3.05, 3.63) is 72.6 Å². The number of nitrogens with zero attached hydrogens (tertiary/aromatic N) is 3. The summed E-state index contributed by atoms with van der Waals surface area (Å²) in [5.41, 5.74) is 3.09. The second kappa shape index (κ2) is 7.63. The first kappa shape index (κ1) is 16.7. The molecule has 0 bridgehead atoms. The van der Waals surface area contributed by atoms with E-state index in [1.807, 2.05) is 60.6 Å². The summed E-state index contributed by atoms with van der Waals surface area (Å²) in [6.07, 6.45) is 3.53. The fourth-order valence-corrected chi connectivity index (χ4v) is 2.49. The van der Waals surface area contributed by atoms with Crippen molar-refractivity contribution in [2.45, 2.75) is 0 Å². The Morgan fingerprint density at radius 3 is 2.68 bits per heavy atom. The monoisotopic (exact) mass is 336 g/mol. The molecule has 0 aliphatic rings. The standard InChI is InChI=1S/C19H20N4O2/c1-22(12-13-24)17-8-6-16(7-9-17)21-19(25)15-4-2-5-18(14-15)23-11-3-10-20-23/h2-11,14,24H,12-13H2,1H3,(H,21,25). The molecular formula is C19H20N4O2. The molecule has 3 rings (SSSR count). The van der Waals surface area contributed by atoms with Gasteiger partial charge in [0.05, 0.1) is 12.3 Å². The van der Waals surface area contributed by atoms with E-state index in [0.717, 1.165) is 17.1 Å². The molecular weight excluding hydrogens is 316 g/mol. The highest BCUT2D eigenvalue weighted by Crippen LogP contribution is 2.18. The van der Waals surface area contributed by atoms with Crippen LogP contribution in [0.25, 0.3) is 5.69 Å². The molecule has 25 heavy (non-hydrogen) atoms. The van der Waals surface area contributed by atoms with E-state index in [-0.39, 0.29) is 12.5 Å². The van der Waals surface area contributed by atoms with Crippen molar-refractivity contribution in [1.29, 1.82) is 0 Å².